The van der Waals surface area contributed by atoms with E-state index in [0.29, 0.717) is 0 Å². The molecule has 0 aliphatic carbocycles. The Morgan fingerprint density at radius 1 is 1.75 bits per heavy atom. The first kappa shape index (κ1) is 8.86. The molecule has 0 aliphatic heterocycles. The Labute approximate surface area is 74.4 Å². The summed E-state index contributed by atoms with van der Waals surface area (Å²) in [5.41, 5.74) is 0.861. The van der Waals surface area contributed by atoms with Crippen LogP contribution in [0.25, 0.3) is 0 Å². The fraction of sp³-hybridized carbons (Fsp3) is 0.286. The van der Waals surface area contributed by atoms with Crippen LogP contribution in [0, 0.1) is 14.8 Å². The maximum Gasteiger partial charge on any atom is 0.304 e. The highest BCUT2D eigenvalue weighted by atomic mass is 32.1. The summed E-state index contributed by atoms with van der Waals surface area (Å²) in [5.74, 6) is 0. The number of hydrogen-bond donors (Lipinski definition) is 1. The summed E-state index contributed by atoms with van der Waals surface area (Å²) in [6, 6.07) is 1.50. The number of nitrogens with zero attached hydrogens (tertiary/aromatic N) is 1. The predicted octanol–water partition coefficient (Wildman–Crippen LogP) is 2.21. The molecule has 0 saturated heterocycles. The number of nitrogens with one attached hydrogen (secondary N) is 1. The molecular formula is C7H8N2O2S. The minimum atomic E-state index is -0.474. The van der Waals surface area contributed by atoms with Crippen molar-refractivity contribution >= 4 is 17.9 Å². The Bertz CT molecular complexity index is 359. The van der Waals surface area contributed by atoms with Gasteiger partial charge in [-0.25, -0.2) is 0 Å². The highest BCUT2D eigenvalue weighted by Crippen LogP contribution is 2.13. The van der Waals surface area contributed by atoms with Crippen LogP contribution in [0.3, 0.4) is 0 Å². The Morgan fingerprint density at radius 3 is 2.92 bits per heavy atom. The fourth-order valence-corrected chi connectivity index (χ4v) is 1.05. The zero-order valence-corrected chi connectivity index (χ0v) is 7.35. The molecule has 12 heavy (non-hydrogen) atoms. The van der Waals surface area contributed by atoms with Crippen molar-refractivity contribution in [1.29, 1.82) is 0 Å². The summed E-state index contributed by atoms with van der Waals surface area (Å²) in [6.07, 6.45) is 2.45. The van der Waals surface area contributed by atoms with Crippen LogP contribution in [-0.4, -0.2) is 9.91 Å². The monoisotopic (exact) mass is 184 g/mol. The lowest BCUT2D eigenvalue weighted by molar-refractivity contribution is -0.385. The van der Waals surface area contributed by atoms with Gasteiger partial charge in [0, 0.05) is 12.3 Å². The summed E-state index contributed by atoms with van der Waals surface area (Å²) < 4.78 is 0.178. The van der Waals surface area contributed by atoms with Crippen LogP contribution < -0.4 is 0 Å². The van der Waals surface area contributed by atoms with Gasteiger partial charge < -0.3 is 4.98 Å². The number of aromatic amines is 1. The van der Waals surface area contributed by atoms with Crippen LogP contribution in [0.15, 0.2) is 12.3 Å². The van der Waals surface area contributed by atoms with E-state index < -0.39 is 4.92 Å². The first-order chi connectivity index (χ1) is 5.65. The highest BCUT2D eigenvalue weighted by molar-refractivity contribution is 7.71. The van der Waals surface area contributed by atoms with Gasteiger partial charge in [-0.2, -0.15) is 0 Å². The summed E-state index contributed by atoms with van der Waals surface area (Å²) >= 11 is 4.74. The van der Waals surface area contributed by atoms with Gasteiger partial charge in [0.1, 0.15) is 0 Å². The van der Waals surface area contributed by atoms with Gasteiger partial charge in [0.15, 0.2) is 4.64 Å². The van der Waals surface area contributed by atoms with Gasteiger partial charge in [0.2, 0.25) is 0 Å². The standard InChI is InChI=1S/C7H8N2O2S/c1-2-5-3-6(9(10)11)7(12)8-4-5/h3-4H,2H2,1H3,(H,8,12). The normalized spacial score (nSPS) is 9.75. The van der Waals surface area contributed by atoms with Crippen LogP contribution in [0.2, 0.25) is 0 Å². The molecule has 5 heteroatoms. The SMILES string of the molecule is CCc1c[nH]c(=S)c([N+](=O)[O-])c1. The van der Waals surface area contributed by atoms with E-state index in [9.17, 15) is 10.1 Å². The maximum absolute atomic E-state index is 10.4. The quantitative estimate of drug-likeness (QED) is 0.435. The zero-order chi connectivity index (χ0) is 9.14. The topological polar surface area (TPSA) is 58.9 Å². The summed E-state index contributed by atoms with van der Waals surface area (Å²) in [5, 5.41) is 10.4. The number of aromatic nitrogens is 1. The minimum absolute atomic E-state index is 0.0237. The molecule has 0 atom stereocenters. The van der Waals surface area contributed by atoms with Crippen molar-refractivity contribution < 1.29 is 4.92 Å². The van der Waals surface area contributed by atoms with Crippen LogP contribution in [0.5, 0.6) is 0 Å². The van der Waals surface area contributed by atoms with Gasteiger partial charge >= 0.3 is 5.69 Å². The summed E-state index contributed by atoms with van der Waals surface area (Å²) in [7, 11) is 0. The maximum atomic E-state index is 10.4. The average molecular weight is 184 g/mol. The van der Waals surface area contributed by atoms with E-state index in [1.54, 1.807) is 6.20 Å². The lowest BCUT2D eigenvalue weighted by atomic mass is 10.2. The van der Waals surface area contributed by atoms with Gasteiger partial charge in [-0.05, 0) is 12.0 Å². The molecule has 64 valence electrons. The Hall–Kier alpha value is -1.23. The first-order valence-electron chi connectivity index (χ1n) is 3.51. The van der Waals surface area contributed by atoms with Crippen LogP contribution in [0.4, 0.5) is 5.69 Å². The molecule has 0 bridgehead atoms. The van der Waals surface area contributed by atoms with E-state index in [1.807, 2.05) is 6.92 Å². The first-order valence-corrected chi connectivity index (χ1v) is 3.92. The molecule has 0 aliphatic rings. The number of rotatable bonds is 2. The van der Waals surface area contributed by atoms with E-state index >= 15 is 0 Å². The molecule has 1 N–H and O–H groups in total. The van der Waals surface area contributed by atoms with Gasteiger partial charge in [-0.1, -0.05) is 19.1 Å². The van der Waals surface area contributed by atoms with Crippen LogP contribution in [0.1, 0.15) is 12.5 Å². The summed E-state index contributed by atoms with van der Waals surface area (Å²) in [6.45, 7) is 1.93. The molecule has 0 spiro atoms. The highest BCUT2D eigenvalue weighted by Gasteiger charge is 2.08. The molecule has 4 nitrogen and oxygen atoms in total. The third-order valence-electron chi connectivity index (χ3n) is 1.55. The lowest BCUT2D eigenvalue weighted by Crippen LogP contribution is -1.93. The number of nitro groups is 1. The second-order valence-corrected chi connectivity index (χ2v) is 2.74. The number of aryl methyl sites for hydroxylation is 1. The smallest absolute Gasteiger partial charge is 0.304 e. The van der Waals surface area contributed by atoms with Crippen molar-refractivity contribution in [2.75, 3.05) is 0 Å². The van der Waals surface area contributed by atoms with E-state index in [-0.39, 0.29) is 10.3 Å². The van der Waals surface area contributed by atoms with E-state index in [4.69, 9.17) is 12.2 Å². The third kappa shape index (κ3) is 1.68. The molecule has 0 amide bonds. The van der Waals surface area contributed by atoms with Crippen LogP contribution in [-0.2, 0) is 6.42 Å². The van der Waals surface area contributed by atoms with Gasteiger partial charge in [-0.15, -0.1) is 0 Å². The van der Waals surface area contributed by atoms with Crippen molar-refractivity contribution in [3.05, 3.63) is 32.6 Å². The van der Waals surface area contributed by atoms with E-state index in [0.717, 1.165) is 12.0 Å². The molecule has 1 rings (SSSR count). The molecule has 0 aromatic carbocycles. The number of pyridine rings is 1. The molecule has 0 saturated carbocycles. The molecular weight excluding hydrogens is 176 g/mol. The van der Waals surface area contributed by atoms with Gasteiger partial charge in [0.05, 0.1) is 4.92 Å². The van der Waals surface area contributed by atoms with E-state index in [1.165, 1.54) is 6.07 Å². The average Bonchev–Trinajstić information content (AvgIpc) is 2.05. The fourth-order valence-electron chi connectivity index (χ4n) is 0.855. The second-order valence-electron chi connectivity index (χ2n) is 2.33. The van der Waals surface area contributed by atoms with E-state index in [2.05, 4.69) is 4.98 Å². The van der Waals surface area contributed by atoms with Crippen molar-refractivity contribution in [2.45, 2.75) is 13.3 Å². The molecule has 1 aromatic rings. The number of hydrogen-bond acceptors (Lipinski definition) is 3. The molecule has 0 unspecified atom stereocenters. The zero-order valence-electron chi connectivity index (χ0n) is 6.53. The van der Waals surface area contributed by atoms with Gasteiger partial charge in [0.25, 0.3) is 0 Å². The third-order valence-corrected chi connectivity index (χ3v) is 1.88. The van der Waals surface area contributed by atoms with Crippen molar-refractivity contribution in [1.82, 2.24) is 4.98 Å². The van der Waals surface area contributed by atoms with Crippen molar-refractivity contribution in [3.8, 4) is 0 Å². The summed E-state index contributed by atoms with van der Waals surface area (Å²) in [4.78, 5) is 12.6. The Morgan fingerprint density at radius 2 is 2.42 bits per heavy atom. The Kier molecular flexibility index (Phi) is 2.54. The Balaban J connectivity index is 3.26. The van der Waals surface area contributed by atoms with Crippen molar-refractivity contribution in [2.24, 2.45) is 0 Å². The molecule has 1 aromatic heterocycles. The number of H-pyrrole nitrogens is 1. The van der Waals surface area contributed by atoms with Gasteiger partial charge in [-0.3, -0.25) is 10.1 Å². The largest absolute Gasteiger partial charge is 0.347 e. The predicted molar refractivity (Wildman–Crippen MR) is 47.7 cm³/mol. The van der Waals surface area contributed by atoms with Crippen LogP contribution >= 0.6 is 12.2 Å². The minimum Gasteiger partial charge on any atom is -0.347 e. The van der Waals surface area contributed by atoms with Crippen molar-refractivity contribution in [3.63, 3.8) is 0 Å². The second kappa shape index (κ2) is 3.44. The lowest BCUT2D eigenvalue weighted by Gasteiger charge is -1.95. The molecule has 1 heterocycles. The molecule has 0 radical (unpaired) electrons. The molecule has 0 fully saturated rings.